The Labute approximate surface area is 60.7 Å². The molecule has 0 aromatic carbocycles. The van der Waals surface area contributed by atoms with Crippen LogP contribution in [-0.4, -0.2) is 30.3 Å². The Kier molecular flexibility index (Phi) is 2.40. The van der Waals surface area contributed by atoms with Crippen molar-refractivity contribution in [1.29, 1.82) is 0 Å². The van der Waals surface area contributed by atoms with Gasteiger partial charge in [0.05, 0.1) is 18.9 Å². The summed E-state index contributed by atoms with van der Waals surface area (Å²) in [6.45, 7) is 4.63. The second-order valence-corrected chi connectivity index (χ2v) is 2.80. The Morgan fingerprint density at radius 2 is 2.50 bits per heavy atom. The van der Waals surface area contributed by atoms with E-state index in [1.54, 1.807) is 0 Å². The SMILES string of the molecule is CC(C)C1N=C(CO)CO1. The lowest BCUT2D eigenvalue weighted by molar-refractivity contribution is 0.0725. The third kappa shape index (κ3) is 1.55. The summed E-state index contributed by atoms with van der Waals surface area (Å²) >= 11 is 0. The van der Waals surface area contributed by atoms with Gasteiger partial charge in [-0.25, -0.2) is 0 Å². The van der Waals surface area contributed by atoms with Crippen LogP contribution in [0.25, 0.3) is 0 Å². The lowest BCUT2D eigenvalue weighted by Gasteiger charge is -2.09. The summed E-state index contributed by atoms with van der Waals surface area (Å²) in [6.07, 6.45) is -0.0258. The van der Waals surface area contributed by atoms with Crippen molar-refractivity contribution in [1.82, 2.24) is 0 Å². The molecule has 58 valence electrons. The second kappa shape index (κ2) is 3.12. The fraction of sp³-hybridized carbons (Fsp3) is 0.857. The summed E-state index contributed by atoms with van der Waals surface area (Å²) < 4.78 is 5.25. The first-order valence-electron chi connectivity index (χ1n) is 3.52. The lowest BCUT2D eigenvalue weighted by Crippen LogP contribution is -2.11. The molecule has 3 heteroatoms. The van der Waals surface area contributed by atoms with Crippen molar-refractivity contribution < 1.29 is 9.84 Å². The summed E-state index contributed by atoms with van der Waals surface area (Å²) in [5.41, 5.74) is 0.763. The van der Waals surface area contributed by atoms with Gasteiger partial charge in [-0.2, -0.15) is 0 Å². The smallest absolute Gasteiger partial charge is 0.151 e. The molecule has 0 amide bonds. The van der Waals surface area contributed by atoms with Gasteiger partial charge < -0.3 is 9.84 Å². The highest BCUT2D eigenvalue weighted by Crippen LogP contribution is 2.13. The van der Waals surface area contributed by atoms with Crippen LogP contribution in [0.4, 0.5) is 0 Å². The minimum Gasteiger partial charge on any atom is -0.390 e. The van der Waals surface area contributed by atoms with E-state index in [0.29, 0.717) is 12.5 Å². The molecule has 3 nitrogen and oxygen atoms in total. The molecule has 0 radical (unpaired) electrons. The lowest BCUT2D eigenvalue weighted by atomic mass is 10.2. The summed E-state index contributed by atoms with van der Waals surface area (Å²) in [7, 11) is 0. The predicted molar refractivity (Wildman–Crippen MR) is 39.1 cm³/mol. The van der Waals surface area contributed by atoms with Crippen molar-refractivity contribution in [2.24, 2.45) is 10.9 Å². The van der Waals surface area contributed by atoms with Gasteiger partial charge >= 0.3 is 0 Å². The van der Waals surface area contributed by atoms with Gasteiger partial charge in [0.2, 0.25) is 0 Å². The Balaban J connectivity index is 2.47. The van der Waals surface area contributed by atoms with Crippen molar-refractivity contribution in [2.75, 3.05) is 13.2 Å². The van der Waals surface area contributed by atoms with Crippen LogP contribution in [-0.2, 0) is 4.74 Å². The first-order valence-corrected chi connectivity index (χ1v) is 3.52. The van der Waals surface area contributed by atoms with Gasteiger partial charge in [0.15, 0.2) is 6.23 Å². The molecular weight excluding hydrogens is 130 g/mol. The van der Waals surface area contributed by atoms with E-state index < -0.39 is 0 Å². The van der Waals surface area contributed by atoms with Crippen molar-refractivity contribution in [2.45, 2.75) is 20.1 Å². The van der Waals surface area contributed by atoms with Gasteiger partial charge in [-0.1, -0.05) is 13.8 Å². The van der Waals surface area contributed by atoms with E-state index >= 15 is 0 Å². The molecule has 0 aliphatic carbocycles. The molecule has 1 unspecified atom stereocenters. The molecule has 0 aromatic rings. The minimum absolute atomic E-state index is 0.0258. The first-order chi connectivity index (χ1) is 4.74. The van der Waals surface area contributed by atoms with Crippen LogP contribution in [0.1, 0.15) is 13.8 Å². The maximum Gasteiger partial charge on any atom is 0.151 e. The first kappa shape index (κ1) is 7.69. The van der Waals surface area contributed by atoms with Gasteiger partial charge in [0.1, 0.15) is 0 Å². The van der Waals surface area contributed by atoms with Crippen LogP contribution >= 0.6 is 0 Å². The van der Waals surface area contributed by atoms with Crippen LogP contribution in [0, 0.1) is 5.92 Å². The third-order valence-corrected chi connectivity index (χ3v) is 1.48. The van der Waals surface area contributed by atoms with Crippen LogP contribution in [0.3, 0.4) is 0 Å². The average Bonchev–Trinajstić information content (AvgIpc) is 2.34. The summed E-state index contributed by atoms with van der Waals surface area (Å²) in [5, 5.41) is 8.65. The topological polar surface area (TPSA) is 41.8 Å². The Hall–Kier alpha value is -0.410. The van der Waals surface area contributed by atoms with Crippen molar-refractivity contribution in [3.05, 3.63) is 0 Å². The van der Waals surface area contributed by atoms with E-state index in [2.05, 4.69) is 18.8 Å². The number of aliphatic hydroxyl groups excluding tert-OH is 1. The van der Waals surface area contributed by atoms with Gasteiger partial charge in [0.25, 0.3) is 0 Å². The largest absolute Gasteiger partial charge is 0.390 e. The van der Waals surface area contributed by atoms with Gasteiger partial charge in [-0.3, -0.25) is 4.99 Å². The van der Waals surface area contributed by atoms with Crippen molar-refractivity contribution >= 4 is 5.71 Å². The Bertz CT molecular complexity index is 143. The van der Waals surface area contributed by atoms with Crippen molar-refractivity contribution in [3.63, 3.8) is 0 Å². The number of aliphatic imine (C=N–C) groups is 1. The summed E-state index contributed by atoms with van der Waals surface area (Å²) in [4.78, 5) is 4.15. The molecule has 1 aliphatic rings. The number of hydrogen-bond acceptors (Lipinski definition) is 3. The molecule has 1 aliphatic heterocycles. The molecule has 1 atom stereocenters. The van der Waals surface area contributed by atoms with E-state index in [1.165, 1.54) is 0 Å². The highest BCUT2D eigenvalue weighted by atomic mass is 16.5. The molecular formula is C7H13NO2. The van der Waals surface area contributed by atoms with Gasteiger partial charge in [-0.05, 0) is 5.92 Å². The zero-order valence-corrected chi connectivity index (χ0v) is 6.37. The molecule has 1 rings (SSSR count). The monoisotopic (exact) mass is 143 g/mol. The zero-order valence-electron chi connectivity index (χ0n) is 6.37. The van der Waals surface area contributed by atoms with Crippen LogP contribution < -0.4 is 0 Å². The van der Waals surface area contributed by atoms with E-state index in [1.807, 2.05) is 0 Å². The average molecular weight is 143 g/mol. The van der Waals surface area contributed by atoms with E-state index in [4.69, 9.17) is 9.84 Å². The molecule has 0 spiro atoms. The summed E-state index contributed by atoms with van der Waals surface area (Å²) in [6, 6.07) is 0. The maximum atomic E-state index is 8.65. The number of rotatable bonds is 2. The number of hydrogen-bond donors (Lipinski definition) is 1. The quantitative estimate of drug-likeness (QED) is 0.609. The highest BCUT2D eigenvalue weighted by molar-refractivity contribution is 5.87. The third-order valence-electron chi connectivity index (χ3n) is 1.48. The van der Waals surface area contributed by atoms with Crippen molar-refractivity contribution in [3.8, 4) is 0 Å². The van der Waals surface area contributed by atoms with Crippen LogP contribution in [0.2, 0.25) is 0 Å². The van der Waals surface area contributed by atoms with E-state index in [9.17, 15) is 0 Å². The Morgan fingerprint density at radius 1 is 1.80 bits per heavy atom. The highest BCUT2D eigenvalue weighted by Gasteiger charge is 2.19. The fourth-order valence-corrected chi connectivity index (χ4v) is 0.864. The molecule has 0 aromatic heterocycles. The minimum atomic E-state index is -0.0258. The van der Waals surface area contributed by atoms with Gasteiger partial charge in [0, 0.05) is 0 Å². The second-order valence-electron chi connectivity index (χ2n) is 2.80. The maximum absolute atomic E-state index is 8.65. The predicted octanol–water partition coefficient (Wildman–Crippen LogP) is 0.432. The molecule has 1 N–H and O–H groups in total. The molecule has 1 heterocycles. The molecule has 10 heavy (non-hydrogen) atoms. The molecule has 0 saturated carbocycles. The number of aliphatic hydroxyl groups is 1. The normalized spacial score (nSPS) is 25.6. The summed E-state index contributed by atoms with van der Waals surface area (Å²) in [5.74, 6) is 0.407. The van der Waals surface area contributed by atoms with E-state index in [0.717, 1.165) is 5.71 Å². The number of ether oxygens (including phenoxy) is 1. The fourth-order valence-electron chi connectivity index (χ4n) is 0.864. The van der Waals surface area contributed by atoms with Crippen LogP contribution in [0.15, 0.2) is 4.99 Å². The van der Waals surface area contributed by atoms with Crippen LogP contribution in [0.5, 0.6) is 0 Å². The number of nitrogens with zero attached hydrogens (tertiary/aromatic N) is 1. The Morgan fingerprint density at radius 3 is 2.80 bits per heavy atom. The molecule has 0 fully saturated rings. The molecule has 0 bridgehead atoms. The molecule has 0 saturated heterocycles. The van der Waals surface area contributed by atoms with Gasteiger partial charge in [-0.15, -0.1) is 0 Å². The standard InChI is InChI=1S/C7H13NO2/c1-5(2)7-8-6(3-9)4-10-7/h5,7,9H,3-4H2,1-2H3. The zero-order chi connectivity index (χ0) is 7.56. The van der Waals surface area contributed by atoms with E-state index in [-0.39, 0.29) is 12.8 Å².